The van der Waals surface area contributed by atoms with Gasteiger partial charge < -0.3 is 50.9 Å². The number of aryl methyl sites for hydroxylation is 5. The van der Waals surface area contributed by atoms with E-state index in [9.17, 15) is 9.59 Å². The minimum Gasteiger partial charge on any atom is -0.444 e. The highest BCUT2D eigenvalue weighted by Gasteiger charge is 2.31. The second-order valence-corrected chi connectivity index (χ2v) is 26.8. The Morgan fingerprint density at radius 1 is 0.568 bits per heavy atom. The number of fused-ring (bicyclic) bond motifs is 2. The van der Waals surface area contributed by atoms with Crippen molar-refractivity contribution in [1.29, 1.82) is 16.1 Å². The molecule has 10 rings (SSSR count). The van der Waals surface area contributed by atoms with Gasteiger partial charge in [0.2, 0.25) is 5.62 Å². The molecule has 0 saturated heterocycles. The molecule has 1 aromatic heterocycles. The summed E-state index contributed by atoms with van der Waals surface area (Å²) in [6.07, 6.45) is 2.06. The molecule has 0 bridgehead atoms. The molecule has 2 amide bonds. The van der Waals surface area contributed by atoms with Crippen LogP contribution in [0.4, 0.5) is 26.7 Å². The molecule has 0 saturated carbocycles. The Bertz CT molecular complexity index is 3980. The first-order valence-electron chi connectivity index (χ1n) is 32.0. The second-order valence-electron chi connectivity index (χ2n) is 25.9. The summed E-state index contributed by atoms with van der Waals surface area (Å²) in [5.41, 5.74) is 30.0. The van der Waals surface area contributed by atoms with Gasteiger partial charge in [0.25, 0.3) is 0 Å². The maximum atomic E-state index is 12.2. The summed E-state index contributed by atoms with van der Waals surface area (Å²) in [5, 5.41) is 34.9. The van der Waals surface area contributed by atoms with Crippen molar-refractivity contribution in [3.63, 3.8) is 0 Å². The number of imidazole rings is 1. The fraction of sp³-hybridized carbons (Fsp3) is 0.321. The van der Waals surface area contributed by atoms with E-state index >= 15 is 0 Å². The molecule has 17 heteroatoms. The van der Waals surface area contributed by atoms with Crippen molar-refractivity contribution >= 4 is 78.0 Å². The maximum absolute atomic E-state index is 12.2. The van der Waals surface area contributed by atoms with E-state index in [4.69, 9.17) is 37.0 Å². The van der Waals surface area contributed by atoms with Crippen LogP contribution in [0.15, 0.2) is 194 Å². The van der Waals surface area contributed by atoms with Gasteiger partial charge in [0.1, 0.15) is 22.0 Å². The van der Waals surface area contributed by atoms with Gasteiger partial charge in [-0.1, -0.05) is 208 Å². The number of alkyl halides is 1. The molecule has 1 aliphatic rings. The van der Waals surface area contributed by atoms with Crippen LogP contribution in [0.5, 0.6) is 0 Å². The van der Waals surface area contributed by atoms with E-state index in [-0.39, 0.29) is 18.1 Å². The number of halogens is 2. The van der Waals surface area contributed by atoms with Gasteiger partial charge in [-0.3, -0.25) is 10.8 Å². The van der Waals surface area contributed by atoms with Crippen LogP contribution in [-0.4, -0.2) is 70.1 Å². The lowest BCUT2D eigenvalue weighted by atomic mass is 10.0. The Morgan fingerprint density at radius 3 is 1.45 bits per heavy atom. The average molecular weight is 1410 g/mol. The van der Waals surface area contributed by atoms with Gasteiger partial charge in [-0.2, -0.15) is 5.26 Å². The second kappa shape index (κ2) is 36.6. The van der Waals surface area contributed by atoms with Crippen LogP contribution >= 0.6 is 31.9 Å². The molecule has 0 fully saturated rings. The first-order chi connectivity index (χ1) is 45.3. The van der Waals surface area contributed by atoms with Crippen molar-refractivity contribution in [2.24, 2.45) is 5.73 Å². The molecule has 0 spiro atoms. The van der Waals surface area contributed by atoms with Gasteiger partial charge in [-0.15, -0.1) is 0 Å². The molecule has 95 heavy (non-hydrogen) atoms. The van der Waals surface area contributed by atoms with E-state index in [1.54, 1.807) is 4.98 Å². The molecule has 2 heterocycles. The van der Waals surface area contributed by atoms with Gasteiger partial charge in [0.05, 0.1) is 41.0 Å². The number of carbonyl (C=O) groups is 2. The number of anilines is 3. The number of nitrogens with zero attached hydrogens (tertiary/aromatic N) is 4. The number of nitrogens with one attached hydrogen (secondary N) is 5. The number of amidine groups is 1. The van der Waals surface area contributed by atoms with Gasteiger partial charge in [-0.05, 0) is 159 Å². The van der Waals surface area contributed by atoms with Crippen LogP contribution in [0.25, 0.3) is 11.0 Å². The number of nitriles is 1. The van der Waals surface area contributed by atoms with Crippen molar-refractivity contribution in [2.75, 3.05) is 35.6 Å². The predicted octanol–water partition coefficient (Wildman–Crippen LogP) is 16.7. The fourth-order valence-electron chi connectivity index (χ4n) is 10.7. The van der Waals surface area contributed by atoms with Crippen LogP contribution in [0, 0.1) is 55.7 Å². The SMILES string of the molecule is Cc1ccc(CBr)cc1.Cc1ccc(CC(CN)n2c(=N)n(Cc3ccc(C)cc3)c3ccccc32)cc1.Cc1ccc(CC(CNC(=O)OC(C)(C)C)N2C(=N)Cc3ccccc32)cc1.Cc1ccc(CC(CNC(=O)OC(C)(C)C)Nc2ccccc2N)cc1.N#CBr. The fourth-order valence-corrected chi connectivity index (χ4v) is 11.0. The van der Waals surface area contributed by atoms with E-state index in [1.807, 2.05) is 101 Å². The van der Waals surface area contributed by atoms with E-state index in [2.05, 4.69) is 231 Å². The number of ether oxygens (including phenoxy) is 2. The van der Waals surface area contributed by atoms with Gasteiger partial charge in [-0.25, -0.2) is 9.59 Å². The first kappa shape index (κ1) is 75.1. The number of nitrogen functional groups attached to an aromatic ring is 1. The van der Waals surface area contributed by atoms with Crippen LogP contribution < -0.4 is 37.9 Å². The van der Waals surface area contributed by atoms with E-state index in [1.165, 1.54) is 55.6 Å². The normalized spacial score (nSPS) is 12.4. The number of benzene rings is 8. The molecule has 9 aromatic rings. The minimum absolute atomic E-state index is 0.0186. The molecule has 0 radical (unpaired) electrons. The maximum Gasteiger partial charge on any atom is 0.407 e. The lowest BCUT2D eigenvalue weighted by molar-refractivity contribution is 0.0514. The number of alkyl carbamates (subject to hydrolysis) is 2. The highest BCUT2D eigenvalue weighted by molar-refractivity contribution is 9.12. The summed E-state index contributed by atoms with van der Waals surface area (Å²) in [7, 11) is 0. The lowest BCUT2D eigenvalue weighted by Gasteiger charge is -2.31. The Labute approximate surface area is 579 Å². The third-order valence-electron chi connectivity index (χ3n) is 15.4. The number of amides is 2. The summed E-state index contributed by atoms with van der Waals surface area (Å²) in [6.45, 7) is 23.5. The van der Waals surface area contributed by atoms with Gasteiger partial charge in [0.15, 0.2) is 0 Å². The number of rotatable bonds is 18. The van der Waals surface area contributed by atoms with E-state index in [0.29, 0.717) is 49.7 Å². The number of hydrogen-bond acceptors (Lipinski definition) is 10. The summed E-state index contributed by atoms with van der Waals surface area (Å²) in [4.78, 5) is 27.8. The van der Waals surface area contributed by atoms with E-state index in [0.717, 1.165) is 52.6 Å². The van der Waals surface area contributed by atoms with Gasteiger partial charge in [0, 0.05) is 59.0 Å². The Balaban J connectivity index is 0.000000207. The molecule has 500 valence electrons. The number of carbonyl (C=O) groups excluding carboxylic acids is 2. The molecule has 15 nitrogen and oxygen atoms in total. The van der Waals surface area contributed by atoms with Crippen molar-refractivity contribution in [2.45, 2.75) is 143 Å². The molecule has 1 aliphatic heterocycles. The van der Waals surface area contributed by atoms with E-state index < -0.39 is 23.4 Å². The zero-order valence-electron chi connectivity index (χ0n) is 56.9. The Morgan fingerprint density at radius 2 is 0.979 bits per heavy atom. The lowest BCUT2D eigenvalue weighted by Crippen LogP contribution is -2.47. The topological polar surface area (TPSA) is 225 Å². The number of hydrogen-bond donors (Lipinski definition) is 7. The Hall–Kier alpha value is -8.95. The minimum atomic E-state index is -0.538. The average Bonchev–Trinajstić information content (AvgIpc) is 1.63. The largest absolute Gasteiger partial charge is 0.444 e. The van der Waals surface area contributed by atoms with Crippen molar-refractivity contribution in [3.05, 3.63) is 261 Å². The number of nitrogens with two attached hydrogens (primary N) is 2. The molecular formula is C78H95Br2N11O4. The van der Waals surface area contributed by atoms with Crippen LogP contribution in [-0.2, 0) is 47.0 Å². The monoisotopic (exact) mass is 1410 g/mol. The summed E-state index contributed by atoms with van der Waals surface area (Å²) < 4.78 is 14.9. The highest BCUT2D eigenvalue weighted by Crippen LogP contribution is 2.32. The molecule has 3 unspecified atom stereocenters. The van der Waals surface area contributed by atoms with Crippen molar-refractivity contribution < 1.29 is 19.1 Å². The highest BCUT2D eigenvalue weighted by atomic mass is 79.9. The summed E-state index contributed by atoms with van der Waals surface area (Å²) >= 11 is 5.83. The standard InChI is InChI=1S/C25H28N4.C23H29N3O2.C21H29N3O2.C8H9Br.CBrN/c1-18-7-11-20(12-8-18)15-22(16-26)29-24-6-4-3-5-23(24)28(25(29)27)17-21-13-9-19(2)10-14-21;1-16-9-11-17(12-10-16)13-19(15-25-22(27)28-23(2,3)4)26-20-8-6-5-7-18(20)14-21(26)24;1-15-9-11-16(12-10-15)13-17(14-23-20(25)26-21(2,3)4)24-19-8-6-5-7-18(19)22;1-7-2-4-8(6-9)5-3-7;2-1-3/h3-14,22,27H,15-17,26H2,1-2H3;5-12,19,24H,13-15H2,1-4H3,(H,25,27);5-12,17,24H,13-14,22H2,1-4H3,(H,23,25);2-5H,6H2,1H3;. The van der Waals surface area contributed by atoms with Crippen molar-refractivity contribution in [1.82, 2.24) is 19.8 Å². The zero-order chi connectivity index (χ0) is 69.2. The molecular weight excluding hydrogens is 1310 g/mol. The molecule has 3 atom stereocenters. The Kier molecular flexibility index (Phi) is 29.0. The number of para-hydroxylation sites is 5. The van der Waals surface area contributed by atoms with Crippen LogP contribution in [0.1, 0.15) is 109 Å². The summed E-state index contributed by atoms with van der Waals surface area (Å²) in [5.74, 6) is 0.560. The third-order valence-corrected chi connectivity index (χ3v) is 16.1. The van der Waals surface area contributed by atoms with Gasteiger partial charge >= 0.3 is 12.2 Å². The first-order valence-corrected chi connectivity index (χ1v) is 33.9. The van der Waals surface area contributed by atoms with Crippen molar-refractivity contribution in [3.8, 4) is 4.98 Å². The quantitative estimate of drug-likeness (QED) is 0.0320. The smallest absolute Gasteiger partial charge is 0.407 e. The molecule has 0 aliphatic carbocycles. The third kappa shape index (κ3) is 24.7. The molecule has 8 aromatic carbocycles. The van der Waals surface area contributed by atoms with Crippen LogP contribution in [0.3, 0.4) is 0 Å². The molecule has 9 N–H and O–H groups in total. The number of aromatic nitrogens is 2. The zero-order valence-corrected chi connectivity index (χ0v) is 60.1. The predicted molar refractivity (Wildman–Crippen MR) is 398 cm³/mol. The van der Waals surface area contributed by atoms with Crippen LogP contribution in [0.2, 0.25) is 0 Å². The summed E-state index contributed by atoms with van der Waals surface area (Å²) in [6, 6.07) is 66.4.